The number of hydrogen-bond donors (Lipinski definition) is 1. The number of nitrogens with zero attached hydrogens (tertiary/aromatic N) is 3. The van der Waals surface area contributed by atoms with Crippen LogP contribution in [0, 0.1) is 0 Å². The van der Waals surface area contributed by atoms with Gasteiger partial charge in [0.1, 0.15) is 23.9 Å². The number of hydrogen-bond acceptors (Lipinski definition) is 7. The van der Waals surface area contributed by atoms with Crippen molar-refractivity contribution in [2.75, 3.05) is 25.6 Å². The molecule has 1 unspecified atom stereocenters. The second-order valence-corrected chi connectivity index (χ2v) is 10.0. The van der Waals surface area contributed by atoms with Gasteiger partial charge in [-0.15, -0.1) is 0 Å². The van der Waals surface area contributed by atoms with Crippen LogP contribution in [0.3, 0.4) is 0 Å². The molecule has 6 rings (SSSR count). The highest BCUT2D eigenvalue weighted by Crippen LogP contribution is 2.33. The van der Waals surface area contributed by atoms with Gasteiger partial charge in [-0.25, -0.2) is 4.98 Å². The van der Waals surface area contributed by atoms with Gasteiger partial charge in [0.25, 0.3) is 0 Å². The molecule has 8 nitrogen and oxygen atoms in total. The Morgan fingerprint density at radius 1 is 1.07 bits per heavy atom. The molecule has 1 saturated heterocycles. The van der Waals surface area contributed by atoms with Crippen molar-refractivity contribution in [3.8, 4) is 16.9 Å². The van der Waals surface area contributed by atoms with Crippen LogP contribution < -0.4 is 10.5 Å². The van der Waals surface area contributed by atoms with E-state index >= 15 is 0 Å². The largest absolute Gasteiger partial charge is 0.487 e. The molecule has 3 aromatic carbocycles. The summed E-state index contributed by atoms with van der Waals surface area (Å²) in [5.41, 5.74) is 10.9. The molecular weight excluding hydrogens is 504 g/mol. The fourth-order valence-electron chi connectivity index (χ4n) is 5.36. The number of nitrogens with two attached hydrogens (primary N) is 1. The van der Waals surface area contributed by atoms with Gasteiger partial charge < -0.3 is 19.9 Å². The van der Waals surface area contributed by atoms with Crippen molar-refractivity contribution < 1.29 is 19.0 Å². The van der Waals surface area contributed by atoms with E-state index in [0.717, 1.165) is 63.5 Å². The Kier molecular flexibility index (Phi) is 7.33. The maximum Gasteiger partial charge on any atom is 0.310 e. The fourth-order valence-corrected chi connectivity index (χ4v) is 5.36. The monoisotopic (exact) mass is 536 g/mol. The van der Waals surface area contributed by atoms with Crippen molar-refractivity contribution >= 4 is 33.5 Å². The van der Waals surface area contributed by atoms with Crippen LogP contribution in [0.4, 0.5) is 5.82 Å². The second kappa shape index (κ2) is 11.4. The van der Waals surface area contributed by atoms with Crippen molar-refractivity contribution in [2.24, 2.45) is 0 Å². The van der Waals surface area contributed by atoms with Gasteiger partial charge in [-0.1, -0.05) is 36.4 Å². The minimum absolute atomic E-state index is 0.155. The van der Waals surface area contributed by atoms with Gasteiger partial charge in [0.2, 0.25) is 0 Å². The number of pyridine rings is 1. The molecule has 2 N–H and O–H groups in total. The first-order valence-electron chi connectivity index (χ1n) is 13.7. The molecule has 0 bridgehead atoms. The molecule has 1 aliphatic rings. The Labute approximate surface area is 232 Å². The SMILES string of the molecule is CCOC(=O)Cc1ccccc1OCc1nn(C2CCCOC2)c2ccc(-c3ccc4ccnc(N)c4c3)cc12. The number of ether oxygens (including phenoxy) is 3. The molecule has 204 valence electrons. The number of nitrogen functional groups attached to an aromatic ring is 1. The molecule has 3 heterocycles. The highest BCUT2D eigenvalue weighted by atomic mass is 16.5. The Hall–Kier alpha value is -4.43. The van der Waals surface area contributed by atoms with Crippen LogP contribution in [0.5, 0.6) is 5.75 Å². The van der Waals surface area contributed by atoms with E-state index in [1.807, 2.05) is 30.3 Å². The maximum atomic E-state index is 12.2. The summed E-state index contributed by atoms with van der Waals surface area (Å²) in [6.07, 6.45) is 3.90. The lowest BCUT2D eigenvalue weighted by Gasteiger charge is -2.23. The predicted octanol–water partition coefficient (Wildman–Crippen LogP) is 5.87. The standard InChI is InChI=1S/C32H32N4O4/c1-2-39-31(37)18-24-6-3-4-8-30(24)40-20-28-27-17-23(22-10-9-21-13-14-34-32(33)26(21)16-22)11-12-29(27)36(35-28)25-7-5-15-38-19-25/h3-4,6,8-14,16-17,25H,2,5,7,15,18-20H2,1H3,(H2,33,34). The number of fused-ring (bicyclic) bond motifs is 2. The lowest BCUT2D eigenvalue weighted by atomic mass is 10.00. The highest BCUT2D eigenvalue weighted by molar-refractivity contribution is 5.95. The fraction of sp³-hybridized carbons (Fsp3) is 0.281. The second-order valence-electron chi connectivity index (χ2n) is 10.0. The molecule has 0 amide bonds. The molecule has 2 aromatic heterocycles. The number of esters is 1. The van der Waals surface area contributed by atoms with Gasteiger partial charge in [-0.05, 0) is 66.6 Å². The molecule has 0 spiro atoms. The number of benzene rings is 3. The zero-order chi connectivity index (χ0) is 27.5. The molecule has 1 fully saturated rings. The zero-order valence-corrected chi connectivity index (χ0v) is 22.5. The minimum Gasteiger partial charge on any atom is -0.487 e. The number of para-hydroxylation sites is 1. The van der Waals surface area contributed by atoms with Crippen LogP contribution in [-0.4, -0.2) is 40.6 Å². The van der Waals surface area contributed by atoms with Crippen LogP contribution in [-0.2, 0) is 27.3 Å². The number of aromatic nitrogens is 3. The number of anilines is 1. The molecule has 8 heteroatoms. The van der Waals surface area contributed by atoms with Gasteiger partial charge in [-0.3, -0.25) is 9.48 Å². The van der Waals surface area contributed by atoms with E-state index in [2.05, 4.69) is 46.1 Å². The van der Waals surface area contributed by atoms with Crippen LogP contribution in [0.2, 0.25) is 0 Å². The van der Waals surface area contributed by atoms with E-state index in [-0.39, 0.29) is 25.0 Å². The molecule has 0 radical (unpaired) electrons. The first kappa shape index (κ1) is 25.8. The smallest absolute Gasteiger partial charge is 0.310 e. The quantitative estimate of drug-likeness (QED) is 0.248. The highest BCUT2D eigenvalue weighted by Gasteiger charge is 2.22. The van der Waals surface area contributed by atoms with Crippen LogP contribution >= 0.6 is 0 Å². The topological polar surface area (TPSA) is 101 Å². The van der Waals surface area contributed by atoms with E-state index in [4.69, 9.17) is 25.0 Å². The Morgan fingerprint density at radius 2 is 1.90 bits per heavy atom. The molecule has 1 atom stereocenters. The van der Waals surface area contributed by atoms with Crippen molar-refractivity contribution in [1.82, 2.24) is 14.8 Å². The summed E-state index contributed by atoms with van der Waals surface area (Å²) in [5.74, 6) is 0.885. The summed E-state index contributed by atoms with van der Waals surface area (Å²) in [6, 6.07) is 22.4. The first-order chi connectivity index (χ1) is 19.6. The summed E-state index contributed by atoms with van der Waals surface area (Å²) in [4.78, 5) is 16.4. The minimum atomic E-state index is -0.276. The van der Waals surface area contributed by atoms with Gasteiger partial charge in [0, 0.05) is 29.1 Å². The average Bonchev–Trinajstić information content (AvgIpc) is 3.35. The predicted molar refractivity (Wildman–Crippen MR) is 155 cm³/mol. The first-order valence-corrected chi connectivity index (χ1v) is 13.7. The Balaban J connectivity index is 1.37. The molecular formula is C32H32N4O4. The van der Waals surface area contributed by atoms with Crippen molar-refractivity contribution in [3.63, 3.8) is 0 Å². The van der Waals surface area contributed by atoms with E-state index in [9.17, 15) is 4.79 Å². The van der Waals surface area contributed by atoms with Crippen LogP contribution in [0.25, 0.3) is 32.8 Å². The van der Waals surface area contributed by atoms with Gasteiger partial charge in [0.15, 0.2) is 0 Å². The summed E-state index contributed by atoms with van der Waals surface area (Å²) >= 11 is 0. The lowest BCUT2D eigenvalue weighted by Crippen LogP contribution is -2.22. The lowest BCUT2D eigenvalue weighted by molar-refractivity contribution is -0.142. The van der Waals surface area contributed by atoms with Gasteiger partial charge >= 0.3 is 5.97 Å². The average molecular weight is 537 g/mol. The Bertz CT molecular complexity index is 1670. The molecule has 40 heavy (non-hydrogen) atoms. The van der Waals surface area contributed by atoms with Gasteiger partial charge in [-0.2, -0.15) is 5.10 Å². The Morgan fingerprint density at radius 3 is 2.73 bits per heavy atom. The molecule has 0 saturated carbocycles. The summed E-state index contributed by atoms with van der Waals surface area (Å²) in [5, 5.41) is 8.04. The number of rotatable bonds is 8. The van der Waals surface area contributed by atoms with Crippen molar-refractivity contribution in [3.05, 3.63) is 84.2 Å². The molecule has 5 aromatic rings. The van der Waals surface area contributed by atoms with Crippen LogP contribution in [0.1, 0.15) is 37.1 Å². The van der Waals surface area contributed by atoms with E-state index in [1.54, 1.807) is 13.1 Å². The summed E-state index contributed by atoms with van der Waals surface area (Å²) in [6.45, 7) is 3.83. The normalized spacial score (nSPS) is 15.4. The number of carbonyl (C=O) groups is 1. The third-order valence-corrected chi connectivity index (χ3v) is 7.37. The number of carbonyl (C=O) groups excluding carboxylic acids is 1. The van der Waals surface area contributed by atoms with Crippen molar-refractivity contribution in [1.29, 1.82) is 0 Å². The van der Waals surface area contributed by atoms with E-state index < -0.39 is 0 Å². The maximum absolute atomic E-state index is 12.2. The summed E-state index contributed by atoms with van der Waals surface area (Å²) in [7, 11) is 0. The molecule has 1 aliphatic heterocycles. The molecule has 0 aliphatic carbocycles. The van der Waals surface area contributed by atoms with Crippen molar-refractivity contribution in [2.45, 2.75) is 38.8 Å². The summed E-state index contributed by atoms with van der Waals surface area (Å²) < 4.78 is 19.3. The van der Waals surface area contributed by atoms with E-state index in [0.29, 0.717) is 24.8 Å². The van der Waals surface area contributed by atoms with E-state index in [1.165, 1.54) is 0 Å². The van der Waals surface area contributed by atoms with Gasteiger partial charge in [0.05, 0.1) is 31.2 Å². The zero-order valence-electron chi connectivity index (χ0n) is 22.5. The third kappa shape index (κ3) is 5.22. The third-order valence-electron chi connectivity index (χ3n) is 7.37. The van der Waals surface area contributed by atoms with Crippen LogP contribution in [0.15, 0.2) is 72.9 Å².